The van der Waals surface area contributed by atoms with Gasteiger partial charge in [-0.25, -0.2) is 4.79 Å². The summed E-state index contributed by atoms with van der Waals surface area (Å²) in [5, 5.41) is 0. The van der Waals surface area contributed by atoms with Gasteiger partial charge in [0, 0.05) is 0 Å². The first-order valence-corrected chi connectivity index (χ1v) is 7.72. The average Bonchev–Trinajstić information content (AvgIpc) is 2.47. The second kappa shape index (κ2) is 7.62. The van der Waals surface area contributed by atoms with Crippen LogP contribution < -0.4 is 0 Å². The van der Waals surface area contributed by atoms with Gasteiger partial charge in [-0.1, -0.05) is 30.3 Å². The van der Waals surface area contributed by atoms with E-state index >= 15 is 0 Å². The summed E-state index contributed by atoms with van der Waals surface area (Å²) in [5.41, 5.74) is 0.491. The van der Waals surface area contributed by atoms with E-state index in [0.29, 0.717) is 6.61 Å². The average molecular weight is 320 g/mol. The Bertz CT molecular complexity index is 532. The van der Waals surface area contributed by atoms with Crippen LogP contribution in [0, 0.1) is 0 Å². The molecule has 1 aliphatic rings. The van der Waals surface area contributed by atoms with Crippen molar-refractivity contribution in [3.63, 3.8) is 0 Å². The van der Waals surface area contributed by atoms with Crippen LogP contribution in [0.1, 0.15) is 33.3 Å². The monoisotopic (exact) mass is 320 g/mol. The Morgan fingerprint density at radius 1 is 1.17 bits per heavy atom. The van der Waals surface area contributed by atoms with Crippen LogP contribution in [0.25, 0.3) is 0 Å². The summed E-state index contributed by atoms with van der Waals surface area (Å²) in [7, 11) is 0. The third kappa shape index (κ3) is 6.04. The number of ether oxygens (including phenoxy) is 4. The van der Waals surface area contributed by atoms with E-state index < -0.39 is 24.2 Å². The molecule has 126 valence electrons. The van der Waals surface area contributed by atoms with E-state index in [1.807, 2.05) is 37.3 Å². The summed E-state index contributed by atoms with van der Waals surface area (Å²) in [6, 6.07) is 9.86. The van der Waals surface area contributed by atoms with Crippen LogP contribution in [-0.4, -0.2) is 30.3 Å². The third-order valence-electron chi connectivity index (χ3n) is 3.15. The molecule has 1 aromatic rings. The van der Waals surface area contributed by atoms with Gasteiger partial charge in [0.25, 0.3) is 0 Å². The first-order valence-electron chi connectivity index (χ1n) is 7.72. The molecular weight excluding hydrogens is 296 g/mol. The van der Waals surface area contributed by atoms with Gasteiger partial charge < -0.3 is 18.9 Å². The van der Waals surface area contributed by atoms with Gasteiger partial charge in [0.15, 0.2) is 6.29 Å². The van der Waals surface area contributed by atoms with Crippen LogP contribution in [0.15, 0.2) is 42.5 Å². The summed E-state index contributed by atoms with van der Waals surface area (Å²) in [5.74, 6) is 0. The van der Waals surface area contributed by atoms with Gasteiger partial charge in [0.2, 0.25) is 0 Å². The molecule has 1 heterocycles. The van der Waals surface area contributed by atoms with E-state index in [4.69, 9.17) is 18.9 Å². The van der Waals surface area contributed by atoms with E-state index in [1.54, 1.807) is 32.9 Å². The fourth-order valence-corrected chi connectivity index (χ4v) is 2.06. The lowest BCUT2D eigenvalue weighted by Gasteiger charge is -2.30. The molecule has 1 aliphatic heterocycles. The number of carbonyl (C=O) groups excluding carboxylic acids is 1. The lowest BCUT2D eigenvalue weighted by Crippen LogP contribution is -2.38. The lowest BCUT2D eigenvalue weighted by molar-refractivity contribution is -0.174. The van der Waals surface area contributed by atoms with Crippen molar-refractivity contribution >= 4 is 6.16 Å². The van der Waals surface area contributed by atoms with Gasteiger partial charge in [0.05, 0.1) is 12.7 Å². The van der Waals surface area contributed by atoms with Crippen LogP contribution in [0.3, 0.4) is 0 Å². The zero-order chi connectivity index (χ0) is 16.9. The molecule has 0 N–H and O–H groups in total. The Morgan fingerprint density at radius 2 is 1.87 bits per heavy atom. The minimum Gasteiger partial charge on any atom is -0.429 e. The molecule has 5 heteroatoms. The fraction of sp³-hybridized carbons (Fsp3) is 0.500. The first kappa shape index (κ1) is 17.5. The van der Waals surface area contributed by atoms with E-state index in [9.17, 15) is 4.79 Å². The summed E-state index contributed by atoms with van der Waals surface area (Å²) in [6.07, 6.45) is 1.57. The van der Waals surface area contributed by atoms with Crippen LogP contribution >= 0.6 is 0 Å². The molecule has 0 saturated carbocycles. The summed E-state index contributed by atoms with van der Waals surface area (Å²) in [6.45, 7) is 7.66. The third-order valence-corrected chi connectivity index (χ3v) is 3.15. The van der Waals surface area contributed by atoms with Crippen molar-refractivity contribution in [2.75, 3.05) is 0 Å². The fourth-order valence-electron chi connectivity index (χ4n) is 2.06. The molecule has 0 bridgehead atoms. The van der Waals surface area contributed by atoms with Crippen LogP contribution in [0.5, 0.6) is 0 Å². The first-order chi connectivity index (χ1) is 10.8. The van der Waals surface area contributed by atoms with Crippen molar-refractivity contribution in [3.05, 3.63) is 48.0 Å². The Labute approximate surface area is 137 Å². The highest BCUT2D eigenvalue weighted by molar-refractivity contribution is 5.61. The van der Waals surface area contributed by atoms with Crippen LogP contribution in [0.4, 0.5) is 4.79 Å². The summed E-state index contributed by atoms with van der Waals surface area (Å²) < 4.78 is 21.8. The highest BCUT2D eigenvalue weighted by Crippen LogP contribution is 2.19. The van der Waals surface area contributed by atoms with Crippen molar-refractivity contribution in [1.29, 1.82) is 0 Å². The lowest BCUT2D eigenvalue weighted by atomic mass is 10.1. The zero-order valence-electron chi connectivity index (χ0n) is 14.0. The largest absolute Gasteiger partial charge is 0.509 e. The maximum atomic E-state index is 11.7. The second-order valence-electron chi connectivity index (χ2n) is 6.44. The number of hydrogen-bond acceptors (Lipinski definition) is 5. The second-order valence-corrected chi connectivity index (χ2v) is 6.44. The highest BCUT2D eigenvalue weighted by Gasteiger charge is 2.29. The molecule has 0 fully saturated rings. The molecule has 0 unspecified atom stereocenters. The normalized spacial score (nSPS) is 24.3. The maximum Gasteiger partial charge on any atom is 0.509 e. The SMILES string of the molecule is C[C@H]1O[C@H](OCc2ccccc2)C=C[C@@H]1OC(=O)OC(C)(C)C. The minimum absolute atomic E-state index is 0.312. The number of hydrogen-bond donors (Lipinski definition) is 0. The molecule has 3 atom stereocenters. The Balaban J connectivity index is 1.82. The van der Waals surface area contributed by atoms with Crippen molar-refractivity contribution in [3.8, 4) is 0 Å². The van der Waals surface area contributed by atoms with Crippen LogP contribution in [-0.2, 0) is 25.6 Å². The molecule has 0 amide bonds. The van der Waals surface area contributed by atoms with Gasteiger partial charge in [-0.05, 0) is 45.4 Å². The van der Waals surface area contributed by atoms with Gasteiger partial charge in [0.1, 0.15) is 11.7 Å². The molecule has 0 radical (unpaired) electrons. The molecule has 0 saturated heterocycles. The van der Waals surface area contributed by atoms with Crippen molar-refractivity contribution in [2.24, 2.45) is 0 Å². The van der Waals surface area contributed by atoms with Crippen molar-refractivity contribution < 1.29 is 23.7 Å². The van der Waals surface area contributed by atoms with Crippen molar-refractivity contribution in [2.45, 2.75) is 58.4 Å². The topological polar surface area (TPSA) is 54.0 Å². The minimum atomic E-state index is -0.703. The predicted molar refractivity (Wildman–Crippen MR) is 85.8 cm³/mol. The van der Waals surface area contributed by atoms with Gasteiger partial charge in [-0.15, -0.1) is 0 Å². The predicted octanol–water partition coefficient (Wildman–Crippen LogP) is 3.82. The number of benzene rings is 1. The Morgan fingerprint density at radius 3 is 2.48 bits per heavy atom. The Kier molecular flexibility index (Phi) is 5.80. The van der Waals surface area contributed by atoms with Crippen molar-refractivity contribution in [1.82, 2.24) is 0 Å². The number of rotatable bonds is 4. The van der Waals surface area contributed by atoms with Crippen LogP contribution in [0.2, 0.25) is 0 Å². The van der Waals surface area contributed by atoms with E-state index in [1.165, 1.54) is 0 Å². The molecule has 2 rings (SSSR count). The van der Waals surface area contributed by atoms with E-state index in [0.717, 1.165) is 5.56 Å². The smallest absolute Gasteiger partial charge is 0.429 e. The zero-order valence-corrected chi connectivity index (χ0v) is 14.0. The van der Waals surface area contributed by atoms with E-state index in [-0.39, 0.29) is 6.10 Å². The van der Waals surface area contributed by atoms with Gasteiger partial charge >= 0.3 is 6.16 Å². The molecule has 0 aromatic heterocycles. The quantitative estimate of drug-likeness (QED) is 0.623. The molecule has 0 aliphatic carbocycles. The van der Waals surface area contributed by atoms with E-state index in [2.05, 4.69) is 0 Å². The standard InChI is InChI=1S/C18H24O5/c1-13-15(22-17(19)23-18(2,3)4)10-11-16(21-13)20-12-14-8-6-5-7-9-14/h5-11,13,15-16H,12H2,1-4H3/t13-,15+,16+/m1/s1. The molecule has 23 heavy (non-hydrogen) atoms. The molecule has 1 aromatic carbocycles. The molecular formula is C18H24O5. The highest BCUT2D eigenvalue weighted by atomic mass is 16.7. The molecule has 0 spiro atoms. The number of carbonyl (C=O) groups is 1. The Hall–Kier alpha value is -1.85. The van der Waals surface area contributed by atoms with Gasteiger partial charge in [-0.2, -0.15) is 0 Å². The molecule has 5 nitrogen and oxygen atoms in total. The summed E-state index contributed by atoms with van der Waals surface area (Å²) in [4.78, 5) is 11.7. The van der Waals surface area contributed by atoms with Gasteiger partial charge in [-0.3, -0.25) is 0 Å². The maximum absolute atomic E-state index is 11.7. The summed E-state index contributed by atoms with van der Waals surface area (Å²) >= 11 is 0.